The van der Waals surface area contributed by atoms with Gasteiger partial charge in [-0.25, -0.2) is 15.0 Å². The predicted octanol–water partition coefficient (Wildman–Crippen LogP) is 13.8. The van der Waals surface area contributed by atoms with Crippen LogP contribution in [0.1, 0.15) is 11.1 Å². The van der Waals surface area contributed by atoms with E-state index in [0.717, 1.165) is 77.2 Å². The Kier molecular flexibility index (Phi) is 7.86. The highest BCUT2D eigenvalue weighted by Gasteiger charge is 2.22. The number of fused-ring (bicyclic) bond motifs is 6. The SMILES string of the molecule is Cc1ccccc1-c1cc(-c2ccc3c(c2)c2c(-c4nc(-c5ccccc5)nc(-c5cccc6c5oc5ccccc56)n4)cccc2n3-c2ccccc2)ccc1C. The highest BCUT2D eigenvalue weighted by molar-refractivity contribution is 6.16. The summed E-state index contributed by atoms with van der Waals surface area (Å²) in [6.07, 6.45) is 0. The number of aromatic nitrogens is 4. The van der Waals surface area contributed by atoms with E-state index in [1.807, 2.05) is 54.6 Å². The van der Waals surface area contributed by atoms with Crippen LogP contribution in [0.2, 0.25) is 0 Å². The van der Waals surface area contributed by atoms with E-state index in [-0.39, 0.29) is 0 Å². The average molecular weight is 745 g/mol. The Morgan fingerprint density at radius 1 is 0.397 bits per heavy atom. The van der Waals surface area contributed by atoms with E-state index >= 15 is 0 Å². The van der Waals surface area contributed by atoms with E-state index in [9.17, 15) is 0 Å². The molecule has 0 N–H and O–H groups in total. The smallest absolute Gasteiger partial charge is 0.167 e. The third kappa shape index (κ3) is 5.51. The molecule has 5 heteroatoms. The molecule has 0 aliphatic heterocycles. The molecule has 0 amide bonds. The molecule has 58 heavy (non-hydrogen) atoms. The number of aryl methyl sites for hydroxylation is 2. The number of hydrogen-bond acceptors (Lipinski definition) is 4. The molecule has 0 radical (unpaired) electrons. The lowest BCUT2D eigenvalue weighted by molar-refractivity contribution is 0.669. The van der Waals surface area contributed by atoms with Crippen LogP contribution in [0.5, 0.6) is 0 Å². The lowest BCUT2D eigenvalue weighted by Crippen LogP contribution is -2.00. The van der Waals surface area contributed by atoms with E-state index in [2.05, 4.69) is 146 Å². The summed E-state index contributed by atoms with van der Waals surface area (Å²) in [5.41, 5.74) is 14.8. The Morgan fingerprint density at radius 2 is 1.02 bits per heavy atom. The van der Waals surface area contributed by atoms with E-state index in [1.165, 1.54) is 22.3 Å². The van der Waals surface area contributed by atoms with Crippen LogP contribution in [0.4, 0.5) is 0 Å². The zero-order valence-electron chi connectivity index (χ0n) is 32.0. The summed E-state index contributed by atoms with van der Waals surface area (Å²) in [6, 6.07) is 63.7. The minimum Gasteiger partial charge on any atom is -0.455 e. The zero-order valence-corrected chi connectivity index (χ0v) is 32.0. The molecule has 5 nitrogen and oxygen atoms in total. The summed E-state index contributed by atoms with van der Waals surface area (Å²) < 4.78 is 8.86. The summed E-state index contributed by atoms with van der Waals surface area (Å²) in [6.45, 7) is 4.37. The quantitative estimate of drug-likeness (QED) is 0.170. The Morgan fingerprint density at radius 3 is 1.86 bits per heavy atom. The average Bonchev–Trinajstić information content (AvgIpc) is 3.83. The van der Waals surface area contributed by atoms with Gasteiger partial charge >= 0.3 is 0 Å². The maximum absolute atomic E-state index is 6.51. The Balaban J connectivity index is 1.18. The van der Waals surface area contributed by atoms with Crippen LogP contribution >= 0.6 is 0 Å². The van der Waals surface area contributed by atoms with Crippen LogP contribution in [0.25, 0.3) is 106 Å². The minimum atomic E-state index is 0.557. The lowest BCUT2D eigenvalue weighted by atomic mass is 9.92. The van der Waals surface area contributed by atoms with Crippen molar-refractivity contribution in [2.45, 2.75) is 13.8 Å². The van der Waals surface area contributed by atoms with Gasteiger partial charge in [0.15, 0.2) is 17.5 Å². The molecule has 0 unspecified atom stereocenters. The number of benzene rings is 8. The summed E-state index contributed by atoms with van der Waals surface area (Å²) >= 11 is 0. The van der Waals surface area contributed by atoms with Gasteiger partial charge in [0.05, 0.1) is 16.6 Å². The molecule has 0 aliphatic rings. The van der Waals surface area contributed by atoms with E-state index in [0.29, 0.717) is 17.5 Å². The van der Waals surface area contributed by atoms with Crippen LogP contribution in [0.15, 0.2) is 186 Å². The molecule has 274 valence electrons. The van der Waals surface area contributed by atoms with Gasteiger partial charge in [0.1, 0.15) is 11.2 Å². The second kappa shape index (κ2) is 13.5. The van der Waals surface area contributed by atoms with Crippen molar-refractivity contribution in [3.05, 3.63) is 193 Å². The van der Waals surface area contributed by atoms with Crippen molar-refractivity contribution < 1.29 is 4.42 Å². The largest absolute Gasteiger partial charge is 0.455 e. The molecule has 0 bridgehead atoms. The topological polar surface area (TPSA) is 56.7 Å². The molecule has 3 heterocycles. The molecule has 0 saturated carbocycles. The fourth-order valence-corrected chi connectivity index (χ4v) is 8.51. The van der Waals surface area contributed by atoms with Crippen LogP contribution in [-0.2, 0) is 0 Å². The van der Waals surface area contributed by atoms with Crippen LogP contribution in [-0.4, -0.2) is 19.5 Å². The van der Waals surface area contributed by atoms with Gasteiger partial charge in [0.25, 0.3) is 0 Å². The molecule has 11 aromatic rings. The van der Waals surface area contributed by atoms with Gasteiger partial charge in [-0.3, -0.25) is 0 Å². The molecule has 0 saturated heterocycles. The zero-order chi connectivity index (χ0) is 38.7. The second-order valence-electron chi connectivity index (χ2n) is 14.9. The molecule has 11 rings (SSSR count). The van der Waals surface area contributed by atoms with Crippen molar-refractivity contribution in [3.63, 3.8) is 0 Å². The van der Waals surface area contributed by atoms with Crippen molar-refractivity contribution in [1.82, 2.24) is 19.5 Å². The third-order valence-corrected chi connectivity index (χ3v) is 11.4. The normalized spacial score (nSPS) is 11.6. The van der Waals surface area contributed by atoms with E-state index in [4.69, 9.17) is 19.4 Å². The number of hydrogen-bond donors (Lipinski definition) is 0. The van der Waals surface area contributed by atoms with Crippen molar-refractivity contribution in [3.8, 4) is 62.1 Å². The van der Waals surface area contributed by atoms with Crippen molar-refractivity contribution >= 4 is 43.7 Å². The first kappa shape index (κ1) is 33.7. The Bertz CT molecular complexity index is 3360. The summed E-state index contributed by atoms with van der Waals surface area (Å²) in [5, 5.41) is 4.28. The molecule has 0 spiro atoms. The minimum absolute atomic E-state index is 0.557. The van der Waals surface area contributed by atoms with Gasteiger partial charge in [-0.05, 0) is 95.8 Å². The van der Waals surface area contributed by atoms with Gasteiger partial charge in [-0.1, -0.05) is 133 Å². The molecule has 3 aromatic heterocycles. The van der Waals surface area contributed by atoms with Gasteiger partial charge in [0, 0.05) is 38.4 Å². The van der Waals surface area contributed by atoms with Gasteiger partial charge < -0.3 is 8.98 Å². The van der Waals surface area contributed by atoms with Crippen LogP contribution in [0.3, 0.4) is 0 Å². The third-order valence-electron chi connectivity index (χ3n) is 11.4. The lowest BCUT2D eigenvalue weighted by Gasteiger charge is -2.12. The number of para-hydroxylation sites is 3. The molecule has 0 atom stereocenters. The van der Waals surface area contributed by atoms with Gasteiger partial charge in [-0.15, -0.1) is 0 Å². The number of nitrogens with zero attached hydrogens (tertiary/aromatic N) is 4. The molecule has 8 aromatic carbocycles. The van der Waals surface area contributed by atoms with E-state index in [1.54, 1.807) is 0 Å². The van der Waals surface area contributed by atoms with Gasteiger partial charge in [-0.2, -0.15) is 0 Å². The number of furan rings is 1. The van der Waals surface area contributed by atoms with Crippen molar-refractivity contribution in [2.24, 2.45) is 0 Å². The fraction of sp³-hybridized carbons (Fsp3) is 0.0377. The summed E-state index contributed by atoms with van der Waals surface area (Å²) in [4.78, 5) is 15.7. The molecular weight excluding hydrogens is 709 g/mol. The first-order valence-corrected chi connectivity index (χ1v) is 19.6. The standard InChI is InChI=1S/C53H36N4O/c1-33-15-9-10-20-39(33)44-31-36(28-27-34(44)2)37-29-30-46-45(32-37)49-42(23-14-25-47(49)57(46)38-18-7-4-8-19-38)52-54-51(35-16-5-3-6-17-35)55-53(56-52)43-24-13-22-41-40-21-11-12-26-48(40)58-50(41)43/h3-32H,1-2H3. The molecule has 0 aliphatic carbocycles. The Labute approximate surface area is 335 Å². The molecular formula is C53H36N4O. The first-order chi connectivity index (χ1) is 28.6. The highest BCUT2D eigenvalue weighted by atomic mass is 16.3. The summed E-state index contributed by atoms with van der Waals surface area (Å²) in [7, 11) is 0. The predicted molar refractivity (Wildman–Crippen MR) is 238 cm³/mol. The monoisotopic (exact) mass is 744 g/mol. The van der Waals surface area contributed by atoms with Crippen LogP contribution in [0, 0.1) is 13.8 Å². The number of rotatable bonds is 6. The van der Waals surface area contributed by atoms with E-state index < -0.39 is 0 Å². The Hall–Kier alpha value is -7.63. The first-order valence-electron chi connectivity index (χ1n) is 19.6. The maximum atomic E-state index is 6.51. The van der Waals surface area contributed by atoms with Crippen LogP contribution < -0.4 is 0 Å². The second-order valence-corrected chi connectivity index (χ2v) is 14.9. The van der Waals surface area contributed by atoms with Gasteiger partial charge in [0.2, 0.25) is 0 Å². The maximum Gasteiger partial charge on any atom is 0.167 e. The fourth-order valence-electron chi connectivity index (χ4n) is 8.51. The molecule has 0 fully saturated rings. The summed E-state index contributed by atoms with van der Waals surface area (Å²) in [5.74, 6) is 1.75. The highest BCUT2D eigenvalue weighted by Crippen LogP contribution is 2.42. The van der Waals surface area contributed by atoms with Crippen molar-refractivity contribution in [1.29, 1.82) is 0 Å². The van der Waals surface area contributed by atoms with Crippen molar-refractivity contribution in [2.75, 3.05) is 0 Å².